The van der Waals surface area contributed by atoms with Crippen molar-refractivity contribution >= 4 is 17.4 Å². The number of methoxy groups -OCH3 is 1. The maximum Gasteiger partial charge on any atom is 0.343 e. The molecule has 146 valence electrons. The van der Waals surface area contributed by atoms with E-state index in [9.17, 15) is 9.18 Å². The Labute approximate surface area is 160 Å². The summed E-state index contributed by atoms with van der Waals surface area (Å²) in [6.07, 6.45) is 6.35. The highest BCUT2D eigenvalue weighted by Crippen LogP contribution is 2.39. The second-order valence-electron chi connectivity index (χ2n) is 6.43. The Hall–Kier alpha value is -3.23. The predicted molar refractivity (Wildman–Crippen MR) is 99.0 cm³/mol. The smallest absolute Gasteiger partial charge is 0.343 e. The molecule has 1 aliphatic heterocycles. The van der Waals surface area contributed by atoms with Crippen molar-refractivity contribution < 1.29 is 18.7 Å². The van der Waals surface area contributed by atoms with Crippen molar-refractivity contribution in [2.75, 3.05) is 25.2 Å². The van der Waals surface area contributed by atoms with E-state index in [2.05, 4.69) is 20.0 Å². The molecule has 3 aromatic heterocycles. The number of nitrogens with zero attached hydrogens (tertiary/aromatic N) is 5. The topological polar surface area (TPSA) is 81.8 Å². The van der Waals surface area contributed by atoms with Gasteiger partial charge in [-0.3, -0.25) is 0 Å². The number of esters is 1. The molecule has 8 nitrogen and oxygen atoms in total. The van der Waals surface area contributed by atoms with E-state index in [0.717, 1.165) is 24.9 Å². The third-order valence-electron chi connectivity index (χ3n) is 4.84. The van der Waals surface area contributed by atoms with E-state index >= 15 is 0 Å². The van der Waals surface area contributed by atoms with Crippen LogP contribution >= 0.6 is 0 Å². The van der Waals surface area contributed by atoms with Gasteiger partial charge in [0, 0.05) is 24.4 Å². The van der Waals surface area contributed by atoms with E-state index < -0.39 is 11.9 Å². The quantitative estimate of drug-likeness (QED) is 0.493. The standard InChI is InChI=1S/C19H20FN5O3/c1-3-28-19(26)13-10-22-25-8-6-17(23-18(13)25)24-7-4-5-14(24)12-9-16(20)21-11-15(12)27-2/h6,8-11,14H,3-5,7H2,1-2H3. The molecule has 4 heterocycles. The summed E-state index contributed by atoms with van der Waals surface area (Å²) in [6, 6.07) is 3.14. The molecule has 1 saturated heterocycles. The monoisotopic (exact) mass is 385 g/mol. The van der Waals surface area contributed by atoms with Crippen molar-refractivity contribution in [3.05, 3.63) is 47.8 Å². The Morgan fingerprint density at radius 3 is 3.04 bits per heavy atom. The number of hydrogen-bond acceptors (Lipinski definition) is 7. The third-order valence-corrected chi connectivity index (χ3v) is 4.84. The Bertz CT molecular complexity index is 1020. The van der Waals surface area contributed by atoms with Crippen molar-refractivity contribution in [2.45, 2.75) is 25.8 Å². The van der Waals surface area contributed by atoms with Gasteiger partial charge in [0.25, 0.3) is 0 Å². The third kappa shape index (κ3) is 3.12. The van der Waals surface area contributed by atoms with Gasteiger partial charge in [-0.2, -0.15) is 9.49 Å². The van der Waals surface area contributed by atoms with Crippen LogP contribution in [0.1, 0.15) is 41.7 Å². The zero-order valence-corrected chi connectivity index (χ0v) is 15.6. The highest BCUT2D eigenvalue weighted by Gasteiger charge is 2.30. The molecule has 0 spiro atoms. The fourth-order valence-electron chi connectivity index (χ4n) is 3.60. The minimum absolute atomic E-state index is 0.101. The summed E-state index contributed by atoms with van der Waals surface area (Å²) < 4.78 is 25.8. The maximum atomic E-state index is 13.8. The van der Waals surface area contributed by atoms with Gasteiger partial charge in [-0.1, -0.05) is 0 Å². The van der Waals surface area contributed by atoms with E-state index in [1.807, 2.05) is 6.07 Å². The van der Waals surface area contributed by atoms with Crippen LogP contribution in [0.15, 0.2) is 30.7 Å². The molecule has 0 bridgehead atoms. The number of carbonyl (C=O) groups is 1. The van der Waals surface area contributed by atoms with Crippen molar-refractivity contribution in [1.29, 1.82) is 0 Å². The first kappa shape index (κ1) is 18.1. The van der Waals surface area contributed by atoms with Crippen LogP contribution in [0, 0.1) is 5.95 Å². The van der Waals surface area contributed by atoms with E-state index in [0.29, 0.717) is 22.8 Å². The molecule has 0 radical (unpaired) electrons. The Morgan fingerprint density at radius 1 is 1.39 bits per heavy atom. The number of pyridine rings is 1. The van der Waals surface area contributed by atoms with Crippen LogP contribution in [0.2, 0.25) is 0 Å². The second-order valence-corrected chi connectivity index (χ2v) is 6.43. The molecule has 4 rings (SSSR count). The van der Waals surface area contributed by atoms with Gasteiger partial charge in [0.1, 0.15) is 17.1 Å². The molecule has 0 amide bonds. The molecule has 3 aromatic rings. The van der Waals surface area contributed by atoms with E-state index in [4.69, 9.17) is 9.47 Å². The molecule has 0 aliphatic carbocycles. The second kappa shape index (κ2) is 7.41. The lowest BCUT2D eigenvalue weighted by molar-refractivity contribution is 0.0528. The van der Waals surface area contributed by atoms with Crippen molar-refractivity contribution in [3.8, 4) is 5.75 Å². The first-order valence-corrected chi connectivity index (χ1v) is 9.10. The molecular weight excluding hydrogens is 365 g/mol. The minimum Gasteiger partial charge on any atom is -0.495 e. The van der Waals surface area contributed by atoms with Gasteiger partial charge in [0.2, 0.25) is 5.95 Å². The summed E-state index contributed by atoms with van der Waals surface area (Å²) in [5.41, 5.74) is 1.47. The van der Waals surface area contributed by atoms with E-state index in [-0.39, 0.29) is 12.6 Å². The van der Waals surface area contributed by atoms with Gasteiger partial charge in [-0.05, 0) is 25.8 Å². The van der Waals surface area contributed by atoms with Crippen molar-refractivity contribution in [1.82, 2.24) is 19.6 Å². The summed E-state index contributed by atoms with van der Waals surface area (Å²) in [5.74, 6) is 0.209. The minimum atomic E-state index is -0.550. The first-order chi connectivity index (χ1) is 13.6. The van der Waals surface area contributed by atoms with E-state index in [1.165, 1.54) is 23.0 Å². The molecule has 28 heavy (non-hydrogen) atoms. The van der Waals surface area contributed by atoms with Crippen LogP contribution < -0.4 is 9.64 Å². The van der Waals surface area contributed by atoms with Gasteiger partial charge >= 0.3 is 5.97 Å². The van der Waals surface area contributed by atoms with Gasteiger partial charge < -0.3 is 14.4 Å². The van der Waals surface area contributed by atoms with Crippen LogP contribution in [0.3, 0.4) is 0 Å². The predicted octanol–water partition coefficient (Wildman–Crippen LogP) is 2.79. The molecule has 0 N–H and O–H groups in total. The molecule has 1 aliphatic rings. The zero-order valence-electron chi connectivity index (χ0n) is 15.6. The molecule has 0 aromatic carbocycles. The zero-order chi connectivity index (χ0) is 19.7. The number of anilines is 1. The summed E-state index contributed by atoms with van der Waals surface area (Å²) in [6.45, 7) is 2.78. The lowest BCUT2D eigenvalue weighted by Gasteiger charge is -2.27. The Morgan fingerprint density at radius 2 is 2.25 bits per heavy atom. The van der Waals surface area contributed by atoms with Crippen LogP contribution in [0.25, 0.3) is 5.65 Å². The van der Waals surface area contributed by atoms with Gasteiger partial charge in [0.05, 0.1) is 32.2 Å². The normalized spacial score (nSPS) is 16.5. The molecule has 1 fully saturated rings. The number of halogens is 1. The SMILES string of the molecule is CCOC(=O)c1cnn2ccc(N3CCCC3c3cc(F)ncc3OC)nc12. The average Bonchev–Trinajstić information content (AvgIpc) is 3.34. The molecule has 1 atom stereocenters. The maximum absolute atomic E-state index is 13.8. The number of fused-ring (bicyclic) bond motifs is 1. The van der Waals surface area contributed by atoms with E-state index in [1.54, 1.807) is 20.2 Å². The average molecular weight is 385 g/mol. The first-order valence-electron chi connectivity index (χ1n) is 9.10. The summed E-state index contributed by atoms with van der Waals surface area (Å²) >= 11 is 0. The Balaban J connectivity index is 1.74. The molecular formula is C19H20FN5O3. The highest BCUT2D eigenvalue weighted by molar-refractivity contribution is 5.95. The summed E-state index contributed by atoms with van der Waals surface area (Å²) in [7, 11) is 1.54. The van der Waals surface area contributed by atoms with Gasteiger partial charge in [0.15, 0.2) is 5.65 Å². The summed E-state index contributed by atoms with van der Waals surface area (Å²) in [4.78, 5) is 22.6. The van der Waals surface area contributed by atoms with Crippen LogP contribution in [0.5, 0.6) is 5.75 Å². The van der Waals surface area contributed by atoms with Crippen LogP contribution in [0.4, 0.5) is 10.2 Å². The molecule has 9 heteroatoms. The lowest BCUT2D eigenvalue weighted by Crippen LogP contribution is -2.24. The van der Waals surface area contributed by atoms with Crippen LogP contribution in [-0.2, 0) is 4.74 Å². The highest BCUT2D eigenvalue weighted by atomic mass is 19.1. The van der Waals surface area contributed by atoms with Gasteiger partial charge in [-0.15, -0.1) is 0 Å². The van der Waals surface area contributed by atoms with Gasteiger partial charge in [-0.25, -0.2) is 19.3 Å². The number of carbonyl (C=O) groups excluding carboxylic acids is 1. The Kier molecular flexibility index (Phi) is 4.81. The number of rotatable bonds is 5. The molecule has 1 unspecified atom stereocenters. The number of ether oxygens (including phenoxy) is 2. The number of hydrogen-bond donors (Lipinski definition) is 0. The van der Waals surface area contributed by atoms with Crippen molar-refractivity contribution in [2.24, 2.45) is 0 Å². The van der Waals surface area contributed by atoms with Crippen LogP contribution in [-0.4, -0.2) is 45.8 Å². The van der Waals surface area contributed by atoms with Crippen molar-refractivity contribution in [3.63, 3.8) is 0 Å². The fraction of sp³-hybridized carbons (Fsp3) is 0.368. The summed E-state index contributed by atoms with van der Waals surface area (Å²) in [5, 5.41) is 4.16. The molecule has 0 saturated carbocycles. The fourth-order valence-corrected chi connectivity index (χ4v) is 3.60. The largest absolute Gasteiger partial charge is 0.495 e. The lowest BCUT2D eigenvalue weighted by atomic mass is 10.0. The number of aromatic nitrogens is 4.